The number of primary amides is 1. The van der Waals surface area contributed by atoms with E-state index in [9.17, 15) is 4.79 Å². The number of carbonyl (C=O) groups is 1. The molecule has 2 aliphatic rings. The molecule has 2 saturated heterocycles. The van der Waals surface area contributed by atoms with Gasteiger partial charge in [-0.2, -0.15) is 0 Å². The summed E-state index contributed by atoms with van der Waals surface area (Å²) in [7, 11) is 0. The number of nitrogens with zero attached hydrogens (tertiary/aromatic N) is 3. The molecule has 3 rings (SSSR count). The zero-order chi connectivity index (χ0) is 15.5. The molecule has 0 aromatic carbocycles. The number of likely N-dealkylation sites (tertiary alicyclic amines) is 2. The zero-order valence-corrected chi connectivity index (χ0v) is 12.9. The van der Waals surface area contributed by atoms with E-state index in [4.69, 9.17) is 11.5 Å². The minimum absolute atomic E-state index is 0.0449. The van der Waals surface area contributed by atoms with Crippen molar-refractivity contribution in [1.82, 2.24) is 14.8 Å². The van der Waals surface area contributed by atoms with Crippen LogP contribution in [0.15, 0.2) is 18.3 Å². The first-order chi connectivity index (χ1) is 10.6. The summed E-state index contributed by atoms with van der Waals surface area (Å²) in [5.74, 6) is 0.418. The second kappa shape index (κ2) is 6.62. The van der Waals surface area contributed by atoms with Crippen molar-refractivity contribution < 1.29 is 4.79 Å². The third kappa shape index (κ3) is 3.39. The van der Waals surface area contributed by atoms with Gasteiger partial charge in [-0.1, -0.05) is 0 Å². The molecule has 0 saturated carbocycles. The first-order valence-electron chi connectivity index (χ1n) is 8.11. The molecule has 0 spiro atoms. The van der Waals surface area contributed by atoms with E-state index < -0.39 is 0 Å². The minimum atomic E-state index is -0.160. The SMILES string of the molecule is NC(=O)C1CCCN1C1CCN(Cc2ccnc(N)c2)CC1. The van der Waals surface area contributed by atoms with E-state index in [0.29, 0.717) is 11.9 Å². The van der Waals surface area contributed by atoms with Gasteiger partial charge in [-0.25, -0.2) is 4.98 Å². The number of nitrogen functional groups attached to an aromatic ring is 1. The predicted octanol–water partition coefficient (Wildman–Crippen LogP) is 0.578. The van der Waals surface area contributed by atoms with E-state index in [2.05, 4.69) is 14.8 Å². The summed E-state index contributed by atoms with van der Waals surface area (Å²) in [6, 6.07) is 4.41. The van der Waals surface area contributed by atoms with E-state index in [0.717, 1.165) is 51.9 Å². The van der Waals surface area contributed by atoms with Gasteiger partial charge in [0.15, 0.2) is 0 Å². The van der Waals surface area contributed by atoms with E-state index in [1.807, 2.05) is 12.1 Å². The molecule has 0 radical (unpaired) electrons. The molecule has 2 fully saturated rings. The van der Waals surface area contributed by atoms with Crippen molar-refractivity contribution in [3.8, 4) is 0 Å². The monoisotopic (exact) mass is 303 g/mol. The van der Waals surface area contributed by atoms with Crippen molar-refractivity contribution >= 4 is 11.7 Å². The molecule has 120 valence electrons. The number of rotatable bonds is 4. The lowest BCUT2D eigenvalue weighted by Gasteiger charge is -2.38. The fourth-order valence-electron chi connectivity index (χ4n) is 3.79. The summed E-state index contributed by atoms with van der Waals surface area (Å²) in [5, 5.41) is 0. The van der Waals surface area contributed by atoms with Crippen molar-refractivity contribution in [2.45, 2.75) is 44.3 Å². The number of hydrogen-bond acceptors (Lipinski definition) is 5. The van der Waals surface area contributed by atoms with Crippen LogP contribution in [0.25, 0.3) is 0 Å². The Morgan fingerprint density at radius 1 is 1.27 bits per heavy atom. The fraction of sp³-hybridized carbons (Fsp3) is 0.625. The molecular weight excluding hydrogens is 278 g/mol. The molecule has 3 heterocycles. The van der Waals surface area contributed by atoms with Crippen molar-refractivity contribution in [3.63, 3.8) is 0 Å². The highest BCUT2D eigenvalue weighted by Crippen LogP contribution is 2.26. The van der Waals surface area contributed by atoms with Gasteiger partial charge in [0.05, 0.1) is 6.04 Å². The zero-order valence-electron chi connectivity index (χ0n) is 12.9. The average Bonchev–Trinajstić information content (AvgIpc) is 2.98. The lowest BCUT2D eigenvalue weighted by Crippen LogP contribution is -2.50. The molecule has 0 aliphatic carbocycles. The normalized spacial score (nSPS) is 24.6. The van der Waals surface area contributed by atoms with Crippen molar-refractivity contribution in [3.05, 3.63) is 23.9 Å². The van der Waals surface area contributed by atoms with Crippen LogP contribution in [-0.4, -0.2) is 52.4 Å². The molecular formula is C16H25N5O. The van der Waals surface area contributed by atoms with E-state index in [1.54, 1.807) is 6.20 Å². The van der Waals surface area contributed by atoms with Crippen LogP contribution >= 0.6 is 0 Å². The Bertz CT molecular complexity index is 527. The Morgan fingerprint density at radius 2 is 2.05 bits per heavy atom. The quantitative estimate of drug-likeness (QED) is 0.849. The maximum absolute atomic E-state index is 11.5. The van der Waals surface area contributed by atoms with Gasteiger partial charge in [0, 0.05) is 18.8 Å². The molecule has 1 aromatic heterocycles. The van der Waals surface area contributed by atoms with Crippen LogP contribution < -0.4 is 11.5 Å². The largest absolute Gasteiger partial charge is 0.384 e. The molecule has 1 aromatic rings. The van der Waals surface area contributed by atoms with Crippen molar-refractivity contribution in [2.24, 2.45) is 5.73 Å². The highest BCUT2D eigenvalue weighted by molar-refractivity contribution is 5.80. The third-order valence-corrected chi connectivity index (χ3v) is 4.90. The van der Waals surface area contributed by atoms with Crippen LogP contribution in [-0.2, 0) is 11.3 Å². The Balaban J connectivity index is 1.53. The number of anilines is 1. The third-order valence-electron chi connectivity index (χ3n) is 4.90. The minimum Gasteiger partial charge on any atom is -0.384 e. The number of piperidine rings is 1. The molecule has 2 aliphatic heterocycles. The molecule has 1 amide bonds. The summed E-state index contributed by atoms with van der Waals surface area (Å²) in [5.41, 5.74) is 12.5. The second-order valence-electron chi connectivity index (χ2n) is 6.39. The number of nitrogens with two attached hydrogens (primary N) is 2. The number of carbonyl (C=O) groups excluding carboxylic acids is 1. The Morgan fingerprint density at radius 3 is 2.73 bits per heavy atom. The molecule has 6 nitrogen and oxygen atoms in total. The average molecular weight is 303 g/mol. The predicted molar refractivity (Wildman–Crippen MR) is 85.9 cm³/mol. The molecule has 0 bridgehead atoms. The van der Waals surface area contributed by atoms with E-state index in [-0.39, 0.29) is 11.9 Å². The van der Waals surface area contributed by atoms with Gasteiger partial charge in [0.2, 0.25) is 5.91 Å². The van der Waals surface area contributed by atoms with Crippen LogP contribution in [0.2, 0.25) is 0 Å². The Labute approximate surface area is 131 Å². The van der Waals surface area contributed by atoms with Gasteiger partial charge >= 0.3 is 0 Å². The summed E-state index contributed by atoms with van der Waals surface area (Å²) in [6.45, 7) is 4.03. The van der Waals surface area contributed by atoms with E-state index >= 15 is 0 Å². The van der Waals surface area contributed by atoms with Crippen LogP contribution in [0.1, 0.15) is 31.2 Å². The summed E-state index contributed by atoms with van der Waals surface area (Å²) in [6.07, 6.45) is 5.98. The van der Waals surface area contributed by atoms with Crippen LogP contribution in [0.3, 0.4) is 0 Å². The maximum atomic E-state index is 11.5. The number of pyridine rings is 1. The molecule has 22 heavy (non-hydrogen) atoms. The van der Waals surface area contributed by atoms with Gasteiger partial charge in [-0.15, -0.1) is 0 Å². The van der Waals surface area contributed by atoms with E-state index in [1.165, 1.54) is 5.56 Å². The molecule has 6 heteroatoms. The number of hydrogen-bond donors (Lipinski definition) is 2. The lowest BCUT2D eigenvalue weighted by atomic mass is 10.0. The first kappa shape index (κ1) is 15.2. The Kier molecular flexibility index (Phi) is 4.59. The van der Waals surface area contributed by atoms with Crippen LogP contribution in [0, 0.1) is 0 Å². The van der Waals surface area contributed by atoms with Crippen LogP contribution in [0.4, 0.5) is 5.82 Å². The second-order valence-corrected chi connectivity index (χ2v) is 6.39. The Hall–Kier alpha value is -1.66. The standard InChI is InChI=1S/C16H25N5O/c17-15-10-12(3-6-19-15)11-20-8-4-13(5-9-20)21-7-1-2-14(21)16(18)22/h3,6,10,13-14H,1-2,4-5,7-9,11H2,(H2,17,19)(H2,18,22). The highest BCUT2D eigenvalue weighted by atomic mass is 16.1. The maximum Gasteiger partial charge on any atom is 0.234 e. The van der Waals surface area contributed by atoms with Gasteiger partial charge in [-0.3, -0.25) is 14.6 Å². The summed E-state index contributed by atoms with van der Waals surface area (Å²) < 4.78 is 0. The lowest BCUT2D eigenvalue weighted by molar-refractivity contribution is -0.123. The van der Waals surface area contributed by atoms with Crippen molar-refractivity contribution in [2.75, 3.05) is 25.4 Å². The summed E-state index contributed by atoms with van der Waals surface area (Å²) in [4.78, 5) is 20.4. The van der Waals surface area contributed by atoms with Crippen molar-refractivity contribution in [1.29, 1.82) is 0 Å². The van der Waals surface area contributed by atoms with Crippen LogP contribution in [0.5, 0.6) is 0 Å². The smallest absolute Gasteiger partial charge is 0.234 e. The first-order valence-corrected chi connectivity index (χ1v) is 8.11. The molecule has 1 atom stereocenters. The fourth-order valence-corrected chi connectivity index (χ4v) is 3.79. The van der Waals surface area contributed by atoms with Gasteiger partial charge in [0.25, 0.3) is 0 Å². The van der Waals surface area contributed by atoms with Gasteiger partial charge < -0.3 is 11.5 Å². The van der Waals surface area contributed by atoms with Gasteiger partial charge in [-0.05, 0) is 63.0 Å². The van der Waals surface area contributed by atoms with Gasteiger partial charge in [0.1, 0.15) is 5.82 Å². The number of aromatic nitrogens is 1. The number of amides is 1. The topological polar surface area (TPSA) is 88.5 Å². The summed E-state index contributed by atoms with van der Waals surface area (Å²) >= 11 is 0. The molecule has 1 unspecified atom stereocenters. The molecule has 4 N–H and O–H groups in total. The highest BCUT2D eigenvalue weighted by Gasteiger charge is 2.35.